The molecule has 0 radical (unpaired) electrons. The SMILES string of the molecule is CC(=O)N1CCCCC1CC(=O)Nc1ccc([C@H](C)O)cc1. The summed E-state index contributed by atoms with van der Waals surface area (Å²) in [6, 6.07) is 7.15. The van der Waals surface area contributed by atoms with E-state index in [9.17, 15) is 14.7 Å². The highest BCUT2D eigenvalue weighted by Gasteiger charge is 2.26. The van der Waals surface area contributed by atoms with Crippen molar-refractivity contribution in [2.24, 2.45) is 0 Å². The summed E-state index contributed by atoms with van der Waals surface area (Å²) in [6.07, 6.45) is 2.77. The van der Waals surface area contributed by atoms with Gasteiger partial charge in [0.15, 0.2) is 0 Å². The minimum absolute atomic E-state index is 0.00277. The molecule has 0 bridgehead atoms. The van der Waals surface area contributed by atoms with E-state index in [0.29, 0.717) is 12.1 Å². The second kappa shape index (κ2) is 7.40. The fourth-order valence-electron chi connectivity index (χ4n) is 2.90. The molecule has 2 rings (SSSR count). The number of piperidine rings is 1. The monoisotopic (exact) mass is 304 g/mol. The van der Waals surface area contributed by atoms with Crippen molar-refractivity contribution in [3.8, 4) is 0 Å². The van der Waals surface area contributed by atoms with E-state index in [2.05, 4.69) is 5.32 Å². The van der Waals surface area contributed by atoms with Gasteiger partial charge in [-0.05, 0) is 43.9 Å². The van der Waals surface area contributed by atoms with Crippen LogP contribution in [0.5, 0.6) is 0 Å². The average Bonchev–Trinajstić information content (AvgIpc) is 2.48. The zero-order chi connectivity index (χ0) is 16.1. The number of rotatable bonds is 4. The lowest BCUT2D eigenvalue weighted by molar-refractivity contribution is -0.133. The lowest BCUT2D eigenvalue weighted by Gasteiger charge is -2.34. The molecule has 1 fully saturated rings. The van der Waals surface area contributed by atoms with Crippen molar-refractivity contribution < 1.29 is 14.7 Å². The first-order chi connectivity index (χ1) is 10.5. The van der Waals surface area contributed by atoms with E-state index in [1.807, 2.05) is 0 Å². The lowest BCUT2D eigenvalue weighted by Crippen LogP contribution is -2.44. The normalized spacial score (nSPS) is 19.6. The molecule has 1 saturated heterocycles. The molecule has 120 valence electrons. The molecule has 0 aromatic heterocycles. The summed E-state index contributed by atoms with van der Waals surface area (Å²) in [6.45, 7) is 4.01. The Morgan fingerprint density at radius 2 is 2.00 bits per heavy atom. The number of carbonyl (C=O) groups excluding carboxylic acids is 2. The number of amides is 2. The van der Waals surface area contributed by atoms with Crippen LogP contribution < -0.4 is 5.32 Å². The summed E-state index contributed by atoms with van der Waals surface area (Å²) in [7, 11) is 0. The van der Waals surface area contributed by atoms with Crippen molar-refractivity contribution in [3.05, 3.63) is 29.8 Å². The number of aliphatic hydroxyl groups is 1. The third kappa shape index (κ3) is 4.31. The first-order valence-electron chi connectivity index (χ1n) is 7.82. The first-order valence-corrected chi connectivity index (χ1v) is 7.82. The fraction of sp³-hybridized carbons (Fsp3) is 0.529. The Kier molecular flexibility index (Phi) is 5.55. The van der Waals surface area contributed by atoms with E-state index < -0.39 is 6.10 Å². The Balaban J connectivity index is 1.92. The number of anilines is 1. The molecule has 2 amide bonds. The molecule has 0 saturated carbocycles. The highest BCUT2D eigenvalue weighted by atomic mass is 16.3. The molecule has 0 aliphatic carbocycles. The Hall–Kier alpha value is -1.88. The van der Waals surface area contributed by atoms with Crippen LogP contribution in [0.15, 0.2) is 24.3 Å². The number of benzene rings is 1. The Morgan fingerprint density at radius 1 is 1.32 bits per heavy atom. The largest absolute Gasteiger partial charge is 0.389 e. The molecule has 0 spiro atoms. The zero-order valence-corrected chi connectivity index (χ0v) is 13.2. The number of nitrogens with one attached hydrogen (secondary N) is 1. The lowest BCUT2D eigenvalue weighted by atomic mass is 9.99. The van der Waals surface area contributed by atoms with Crippen molar-refractivity contribution in [2.45, 2.75) is 51.7 Å². The molecule has 22 heavy (non-hydrogen) atoms. The van der Waals surface area contributed by atoms with Gasteiger partial charge in [-0.3, -0.25) is 9.59 Å². The highest BCUT2D eigenvalue weighted by molar-refractivity contribution is 5.91. The molecule has 1 unspecified atom stereocenters. The molecule has 1 aliphatic rings. The number of aliphatic hydroxyl groups excluding tert-OH is 1. The molecule has 5 nitrogen and oxygen atoms in total. The molecular formula is C17H24N2O3. The minimum atomic E-state index is -0.517. The summed E-state index contributed by atoms with van der Waals surface area (Å²) in [5, 5.41) is 12.3. The van der Waals surface area contributed by atoms with Gasteiger partial charge in [-0.2, -0.15) is 0 Å². The predicted octanol–water partition coefficient (Wildman–Crippen LogP) is 2.47. The van der Waals surface area contributed by atoms with Gasteiger partial charge >= 0.3 is 0 Å². The van der Waals surface area contributed by atoms with Crippen molar-refractivity contribution in [1.29, 1.82) is 0 Å². The van der Waals surface area contributed by atoms with Crippen LogP contribution >= 0.6 is 0 Å². The van der Waals surface area contributed by atoms with Gasteiger partial charge in [-0.25, -0.2) is 0 Å². The van der Waals surface area contributed by atoms with E-state index in [0.717, 1.165) is 31.4 Å². The van der Waals surface area contributed by atoms with Gasteiger partial charge in [0.05, 0.1) is 6.10 Å². The molecule has 1 aromatic rings. The van der Waals surface area contributed by atoms with Gasteiger partial charge in [0.1, 0.15) is 0 Å². The maximum absolute atomic E-state index is 12.2. The molecule has 2 N–H and O–H groups in total. The van der Waals surface area contributed by atoms with Crippen LogP contribution in [0.3, 0.4) is 0 Å². The smallest absolute Gasteiger partial charge is 0.226 e. The third-order valence-electron chi connectivity index (χ3n) is 4.13. The van der Waals surface area contributed by atoms with Crippen LogP contribution in [0.1, 0.15) is 51.2 Å². The summed E-state index contributed by atoms with van der Waals surface area (Å²) < 4.78 is 0. The van der Waals surface area contributed by atoms with E-state index in [4.69, 9.17) is 0 Å². The van der Waals surface area contributed by atoms with Crippen molar-refractivity contribution >= 4 is 17.5 Å². The second-order valence-corrected chi connectivity index (χ2v) is 5.91. The second-order valence-electron chi connectivity index (χ2n) is 5.91. The minimum Gasteiger partial charge on any atom is -0.389 e. The van der Waals surface area contributed by atoms with Crippen LogP contribution in [-0.4, -0.2) is 34.4 Å². The maximum Gasteiger partial charge on any atom is 0.226 e. The van der Waals surface area contributed by atoms with Crippen molar-refractivity contribution in [2.75, 3.05) is 11.9 Å². The summed E-state index contributed by atoms with van der Waals surface area (Å²) in [5.41, 5.74) is 1.52. The number of hydrogen-bond donors (Lipinski definition) is 2. The van der Waals surface area contributed by atoms with Gasteiger partial charge in [0, 0.05) is 31.6 Å². The Bertz CT molecular complexity index is 525. The first kappa shape index (κ1) is 16.5. The number of nitrogens with zero attached hydrogens (tertiary/aromatic N) is 1. The van der Waals surface area contributed by atoms with Crippen LogP contribution in [0, 0.1) is 0 Å². The highest BCUT2D eigenvalue weighted by Crippen LogP contribution is 2.21. The number of carbonyl (C=O) groups is 2. The maximum atomic E-state index is 12.2. The summed E-state index contributed by atoms with van der Waals surface area (Å²) in [5.74, 6) is -0.0401. The van der Waals surface area contributed by atoms with Gasteiger partial charge in [0.25, 0.3) is 0 Å². The average molecular weight is 304 g/mol. The molecule has 5 heteroatoms. The predicted molar refractivity (Wildman–Crippen MR) is 85.3 cm³/mol. The van der Waals surface area contributed by atoms with E-state index in [-0.39, 0.29) is 17.9 Å². The van der Waals surface area contributed by atoms with Gasteiger partial charge < -0.3 is 15.3 Å². The van der Waals surface area contributed by atoms with Gasteiger partial charge in [0.2, 0.25) is 11.8 Å². The quantitative estimate of drug-likeness (QED) is 0.898. The standard InChI is InChI=1S/C17H24N2O3/c1-12(20)14-6-8-15(9-7-14)18-17(22)11-16-5-3-4-10-19(16)13(2)21/h6-9,12,16,20H,3-5,10-11H2,1-2H3,(H,18,22)/t12-,16?/m0/s1. The fourth-order valence-corrected chi connectivity index (χ4v) is 2.90. The molecule has 1 heterocycles. The Labute approximate surface area is 131 Å². The van der Waals surface area contributed by atoms with Crippen molar-refractivity contribution in [3.63, 3.8) is 0 Å². The summed E-state index contributed by atoms with van der Waals surface area (Å²) >= 11 is 0. The molecule has 1 aromatic carbocycles. The zero-order valence-electron chi connectivity index (χ0n) is 13.2. The summed E-state index contributed by atoms with van der Waals surface area (Å²) in [4.78, 5) is 25.6. The number of hydrogen-bond acceptors (Lipinski definition) is 3. The van der Waals surface area contributed by atoms with Gasteiger partial charge in [-0.1, -0.05) is 12.1 Å². The van der Waals surface area contributed by atoms with E-state index in [1.54, 1.807) is 43.0 Å². The van der Waals surface area contributed by atoms with Crippen LogP contribution in [0.25, 0.3) is 0 Å². The Morgan fingerprint density at radius 3 is 2.59 bits per heavy atom. The van der Waals surface area contributed by atoms with Crippen LogP contribution in [0.2, 0.25) is 0 Å². The molecule has 1 aliphatic heterocycles. The van der Waals surface area contributed by atoms with Crippen molar-refractivity contribution in [1.82, 2.24) is 4.90 Å². The van der Waals surface area contributed by atoms with Crippen LogP contribution in [-0.2, 0) is 9.59 Å². The van der Waals surface area contributed by atoms with E-state index >= 15 is 0 Å². The molecule has 2 atom stereocenters. The third-order valence-corrected chi connectivity index (χ3v) is 4.13. The topological polar surface area (TPSA) is 69.6 Å². The number of likely N-dealkylation sites (tertiary alicyclic amines) is 1. The van der Waals surface area contributed by atoms with Gasteiger partial charge in [-0.15, -0.1) is 0 Å². The van der Waals surface area contributed by atoms with E-state index in [1.165, 1.54) is 0 Å². The van der Waals surface area contributed by atoms with Crippen LogP contribution in [0.4, 0.5) is 5.69 Å². The molecular weight excluding hydrogens is 280 g/mol.